The number of rotatable bonds is 7. The summed E-state index contributed by atoms with van der Waals surface area (Å²) in [6, 6.07) is 55.4. The van der Waals surface area contributed by atoms with E-state index in [0.717, 1.165) is 80.0 Å². The number of furan rings is 1. The summed E-state index contributed by atoms with van der Waals surface area (Å²) >= 11 is 0. The smallest absolute Gasteiger partial charge is 0.238 e. The molecule has 0 amide bonds. The van der Waals surface area contributed by atoms with Crippen molar-refractivity contribution < 1.29 is 4.42 Å². The zero-order valence-electron chi connectivity index (χ0n) is 30.3. The summed E-state index contributed by atoms with van der Waals surface area (Å²) in [7, 11) is 0. The highest BCUT2D eigenvalue weighted by molar-refractivity contribution is 6.28. The molecule has 0 atom stereocenters. The molecular formula is C49H35N5O. The summed E-state index contributed by atoms with van der Waals surface area (Å²) < 4.78 is 11.1. The summed E-state index contributed by atoms with van der Waals surface area (Å²) in [5, 5.41) is 6.92. The molecule has 11 aromatic rings. The maximum Gasteiger partial charge on any atom is 0.238 e. The second-order valence-electron chi connectivity index (χ2n) is 14.3. The van der Waals surface area contributed by atoms with Crippen molar-refractivity contribution in [3.8, 4) is 34.4 Å². The number of hydrogen-bond acceptors (Lipinski definition) is 4. The SMILES string of the molecule is CCCCc1ccc2c(c1)oc1cc(-c3nc(-c4ccccc4)nc(-n4c5ccccc5c5c6c7ccccc7n(-c7ccccc7)c6ccc54)n3)ccc12. The van der Waals surface area contributed by atoms with Gasteiger partial charge in [0.25, 0.3) is 0 Å². The van der Waals surface area contributed by atoms with Gasteiger partial charge in [-0.15, -0.1) is 0 Å². The first-order valence-corrected chi connectivity index (χ1v) is 19.0. The van der Waals surface area contributed by atoms with Gasteiger partial charge in [-0.2, -0.15) is 9.97 Å². The first-order chi connectivity index (χ1) is 27.2. The highest BCUT2D eigenvalue weighted by Crippen LogP contribution is 2.42. The van der Waals surface area contributed by atoms with E-state index in [9.17, 15) is 0 Å². The molecule has 6 nitrogen and oxygen atoms in total. The first kappa shape index (κ1) is 31.5. The van der Waals surface area contributed by atoms with Gasteiger partial charge in [-0.05, 0) is 73.0 Å². The highest BCUT2D eigenvalue weighted by atomic mass is 16.3. The largest absolute Gasteiger partial charge is 0.456 e. The third-order valence-corrected chi connectivity index (χ3v) is 11.0. The fraction of sp³-hybridized carbons (Fsp3) is 0.0816. The van der Waals surface area contributed by atoms with Crippen molar-refractivity contribution in [2.75, 3.05) is 0 Å². The minimum absolute atomic E-state index is 0.562. The molecular weight excluding hydrogens is 675 g/mol. The minimum Gasteiger partial charge on any atom is -0.456 e. The number of hydrogen-bond donors (Lipinski definition) is 0. The summed E-state index contributed by atoms with van der Waals surface area (Å²) in [5.41, 5.74) is 10.3. The van der Waals surface area contributed by atoms with Crippen LogP contribution in [0.2, 0.25) is 0 Å². The summed E-state index contributed by atoms with van der Waals surface area (Å²) in [6.45, 7) is 2.22. The molecule has 11 rings (SSSR count). The Hall–Kier alpha value is -7.05. The molecule has 0 fully saturated rings. The summed E-state index contributed by atoms with van der Waals surface area (Å²) in [4.78, 5) is 15.6. The van der Waals surface area contributed by atoms with Crippen molar-refractivity contribution in [2.45, 2.75) is 26.2 Å². The van der Waals surface area contributed by atoms with Crippen LogP contribution >= 0.6 is 0 Å². The Morgan fingerprint density at radius 2 is 1.05 bits per heavy atom. The first-order valence-electron chi connectivity index (χ1n) is 19.0. The predicted molar refractivity (Wildman–Crippen MR) is 225 cm³/mol. The van der Waals surface area contributed by atoms with Gasteiger partial charge in [0.2, 0.25) is 5.95 Å². The Morgan fingerprint density at radius 3 is 1.76 bits per heavy atom. The van der Waals surface area contributed by atoms with Crippen molar-refractivity contribution in [1.82, 2.24) is 24.1 Å². The van der Waals surface area contributed by atoms with Crippen LogP contribution in [0.15, 0.2) is 162 Å². The topological polar surface area (TPSA) is 61.7 Å². The Morgan fingerprint density at radius 1 is 0.473 bits per heavy atom. The van der Waals surface area contributed by atoms with Crippen LogP contribution in [0.5, 0.6) is 0 Å². The van der Waals surface area contributed by atoms with Crippen molar-refractivity contribution in [3.05, 3.63) is 163 Å². The number of unbranched alkanes of at least 4 members (excludes halogenated alkanes) is 1. The van der Waals surface area contributed by atoms with E-state index in [-0.39, 0.29) is 0 Å². The molecule has 6 heteroatoms. The van der Waals surface area contributed by atoms with Gasteiger partial charge in [-0.3, -0.25) is 4.57 Å². The molecule has 0 saturated heterocycles. The van der Waals surface area contributed by atoms with Gasteiger partial charge in [-0.25, -0.2) is 4.98 Å². The van der Waals surface area contributed by atoms with Crippen molar-refractivity contribution in [1.29, 1.82) is 0 Å². The van der Waals surface area contributed by atoms with Crippen molar-refractivity contribution in [3.63, 3.8) is 0 Å². The lowest BCUT2D eigenvalue weighted by atomic mass is 10.0. The predicted octanol–water partition coefficient (Wildman–Crippen LogP) is 12.6. The molecule has 4 heterocycles. The molecule has 262 valence electrons. The average molecular weight is 710 g/mol. The summed E-state index contributed by atoms with van der Waals surface area (Å²) in [6.07, 6.45) is 3.38. The molecule has 0 N–H and O–H groups in total. The van der Waals surface area contributed by atoms with Gasteiger partial charge < -0.3 is 8.98 Å². The molecule has 0 aliphatic rings. The van der Waals surface area contributed by atoms with Crippen LogP contribution in [-0.4, -0.2) is 24.1 Å². The summed E-state index contributed by atoms with van der Waals surface area (Å²) in [5.74, 6) is 1.76. The fourth-order valence-corrected chi connectivity index (χ4v) is 8.40. The van der Waals surface area contributed by atoms with Crippen LogP contribution in [0.3, 0.4) is 0 Å². The van der Waals surface area contributed by atoms with Crippen LogP contribution in [0, 0.1) is 0 Å². The second kappa shape index (κ2) is 12.5. The van der Waals surface area contributed by atoms with E-state index in [1.54, 1.807) is 0 Å². The Bertz CT molecular complexity index is 3250. The normalized spacial score (nSPS) is 11.9. The molecule has 55 heavy (non-hydrogen) atoms. The number of aromatic nitrogens is 5. The van der Waals surface area contributed by atoms with Gasteiger partial charge in [0.05, 0.1) is 22.1 Å². The fourth-order valence-electron chi connectivity index (χ4n) is 8.40. The maximum atomic E-state index is 6.50. The standard InChI is InChI=1S/C49H35N5O/c1-2-3-14-31-23-25-35-36-26-24-33(30-44(36)55-43(35)29-31)48-50-47(32-15-6-4-7-16-32)51-49(52-48)54-40-22-13-11-20-38(40)46-42(54)28-27-41-45(46)37-19-10-12-21-39(37)53(41)34-17-8-5-9-18-34/h4-13,15-30H,2-3,14H2,1H3. The Kier molecular flexibility index (Phi) is 7.17. The lowest BCUT2D eigenvalue weighted by Crippen LogP contribution is -2.06. The van der Waals surface area contributed by atoms with Gasteiger partial charge in [0.15, 0.2) is 11.6 Å². The monoisotopic (exact) mass is 709 g/mol. The van der Waals surface area contributed by atoms with Crippen LogP contribution in [-0.2, 0) is 6.42 Å². The number of nitrogens with zero attached hydrogens (tertiary/aromatic N) is 5. The zero-order valence-corrected chi connectivity index (χ0v) is 30.3. The second-order valence-corrected chi connectivity index (χ2v) is 14.3. The molecule has 0 bridgehead atoms. The van der Waals surface area contributed by atoms with Crippen LogP contribution in [0.25, 0.3) is 100.0 Å². The number of para-hydroxylation sites is 3. The minimum atomic E-state index is 0.562. The van der Waals surface area contributed by atoms with E-state index in [4.69, 9.17) is 19.4 Å². The molecule has 0 radical (unpaired) electrons. The van der Waals surface area contributed by atoms with Gasteiger partial charge in [0, 0.05) is 49.1 Å². The lowest BCUT2D eigenvalue weighted by Gasteiger charge is -2.11. The van der Waals surface area contributed by atoms with E-state index in [2.05, 4.69) is 156 Å². The van der Waals surface area contributed by atoms with Crippen molar-refractivity contribution >= 4 is 65.6 Å². The van der Waals surface area contributed by atoms with Crippen molar-refractivity contribution in [2.24, 2.45) is 0 Å². The molecule has 0 aliphatic carbocycles. The molecule has 7 aromatic carbocycles. The van der Waals surface area contributed by atoms with E-state index in [1.807, 2.05) is 18.2 Å². The maximum absolute atomic E-state index is 6.50. The Labute approximate surface area is 317 Å². The molecule has 0 saturated carbocycles. The lowest BCUT2D eigenvalue weighted by molar-refractivity contribution is 0.667. The number of aryl methyl sites for hydroxylation is 1. The molecule has 4 aromatic heterocycles. The van der Waals surface area contributed by atoms with Gasteiger partial charge >= 0.3 is 0 Å². The molecule has 0 aliphatic heterocycles. The van der Waals surface area contributed by atoms with Gasteiger partial charge in [-0.1, -0.05) is 116 Å². The highest BCUT2D eigenvalue weighted by Gasteiger charge is 2.23. The van der Waals surface area contributed by atoms with E-state index in [0.29, 0.717) is 17.6 Å². The van der Waals surface area contributed by atoms with E-state index >= 15 is 0 Å². The van der Waals surface area contributed by atoms with Crippen LogP contribution < -0.4 is 0 Å². The third-order valence-electron chi connectivity index (χ3n) is 11.0. The zero-order chi connectivity index (χ0) is 36.5. The van der Waals surface area contributed by atoms with E-state index in [1.165, 1.54) is 27.2 Å². The number of fused-ring (bicyclic) bond motifs is 10. The number of benzene rings is 7. The molecule has 0 spiro atoms. The van der Waals surface area contributed by atoms with Gasteiger partial charge in [0.1, 0.15) is 11.2 Å². The Balaban J connectivity index is 1.16. The third kappa shape index (κ3) is 4.98. The van der Waals surface area contributed by atoms with Crippen LogP contribution in [0.4, 0.5) is 0 Å². The average Bonchev–Trinajstić information content (AvgIpc) is 3.90. The quantitative estimate of drug-likeness (QED) is 0.165. The van der Waals surface area contributed by atoms with Crippen LogP contribution in [0.1, 0.15) is 25.3 Å². The van der Waals surface area contributed by atoms with E-state index < -0.39 is 0 Å². The molecule has 0 unspecified atom stereocenters.